The zero-order valence-electron chi connectivity index (χ0n) is 36.3. The van der Waals surface area contributed by atoms with E-state index < -0.39 is 51.0 Å². The summed E-state index contributed by atoms with van der Waals surface area (Å²) in [4.78, 5) is 62.1. The van der Waals surface area contributed by atoms with Crippen molar-refractivity contribution in [3.8, 4) is 23.4 Å². The molecule has 0 saturated carbocycles. The van der Waals surface area contributed by atoms with Crippen LogP contribution in [0.1, 0.15) is 72.5 Å². The summed E-state index contributed by atoms with van der Waals surface area (Å²) in [6.45, 7) is 4.60. The van der Waals surface area contributed by atoms with E-state index in [1.807, 2.05) is 23.0 Å². The lowest BCUT2D eigenvalue weighted by molar-refractivity contribution is -0.136. The van der Waals surface area contributed by atoms with E-state index in [0.29, 0.717) is 35.8 Å². The third-order valence-electron chi connectivity index (χ3n) is 13.6. The number of hydrogen-bond acceptors (Lipinski definition) is 12. The van der Waals surface area contributed by atoms with E-state index in [1.165, 1.54) is 29.1 Å². The second-order valence-corrected chi connectivity index (χ2v) is 19.5. The number of piperidine rings is 3. The molecule has 4 saturated heterocycles. The van der Waals surface area contributed by atoms with Crippen LogP contribution in [0.4, 0.5) is 20.2 Å². The summed E-state index contributed by atoms with van der Waals surface area (Å²) in [6.07, 6.45) is 6.39. The number of imide groups is 1. The molecule has 21 heteroatoms. The van der Waals surface area contributed by atoms with Crippen molar-refractivity contribution in [3.05, 3.63) is 100.0 Å². The topological polar surface area (TPSA) is 208 Å². The predicted octanol–water partition coefficient (Wildman–Crippen LogP) is 4.40. The lowest BCUT2D eigenvalue weighted by Crippen LogP contribution is -2.52. The maximum Gasteiger partial charge on any atom is 0.301 e. The second-order valence-electron chi connectivity index (χ2n) is 17.8. The minimum Gasteiger partial charge on any atom is -0.453 e. The first kappa shape index (κ1) is 44.1. The number of nitriles is 1. The number of carbonyl (C=O) groups is 3. The van der Waals surface area contributed by atoms with Gasteiger partial charge in [-0.15, -0.1) is 0 Å². The zero-order chi connectivity index (χ0) is 46.6. The Morgan fingerprint density at radius 3 is 2.48 bits per heavy atom. The number of likely N-dealkylation sites (tertiary alicyclic amines) is 1. The van der Waals surface area contributed by atoms with Crippen molar-refractivity contribution in [2.24, 2.45) is 5.92 Å². The van der Waals surface area contributed by atoms with Crippen LogP contribution in [-0.4, -0.2) is 118 Å². The number of benzene rings is 3. The standard InChI is InChI=1S/C46H47F2N11O7S/c47-30-11-19-56(26-30)67(64,65)53-39-6-4-37(48)43(36(39)23-49)66-33-2-5-38-35(22-33)46(63)58(27-50-38)41-14-20-59(52-41)31-12-15-54(16-13-31)24-28-9-17-55(18-10-28)32-1-3-34-29(21-32)25-57(45(34)62)40-7-8-42(60)51-44(40)61/h1-6,14,20-22,27-28,30-31,40,53H,7-13,15-19,24-26H2,(H,51,60,61). The molecule has 0 bridgehead atoms. The van der Waals surface area contributed by atoms with Gasteiger partial charge >= 0.3 is 10.2 Å². The number of alkyl halides is 1. The highest BCUT2D eigenvalue weighted by Crippen LogP contribution is 2.36. The monoisotopic (exact) mass is 935 g/mol. The summed E-state index contributed by atoms with van der Waals surface area (Å²) in [5.74, 6) is -1.46. The molecule has 2 aromatic heterocycles. The van der Waals surface area contributed by atoms with Gasteiger partial charge < -0.3 is 19.4 Å². The molecule has 0 radical (unpaired) electrons. The number of amides is 3. The molecular formula is C46H47F2N11O7S. The van der Waals surface area contributed by atoms with Gasteiger partial charge in [0.05, 0.1) is 22.6 Å². The first-order chi connectivity index (χ1) is 32.3. The number of carbonyl (C=O) groups excluding carboxylic acids is 3. The van der Waals surface area contributed by atoms with Gasteiger partial charge in [-0.2, -0.15) is 23.1 Å². The van der Waals surface area contributed by atoms with Gasteiger partial charge in [0.2, 0.25) is 11.8 Å². The van der Waals surface area contributed by atoms with Crippen molar-refractivity contribution in [2.45, 2.75) is 69.7 Å². The van der Waals surface area contributed by atoms with Gasteiger partial charge in [-0.05, 0) is 98.5 Å². The largest absolute Gasteiger partial charge is 0.453 e. The minimum atomic E-state index is -4.25. The molecule has 348 valence electrons. The van der Waals surface area contributed by atoms with E-state index in [4.69, 9.17) is 9.84 Å². The van der Waals surface area contributed by atoms with Crippen LogP contribution in [0.15, 0.2) is 71.9 Å². The van der Waals surface area contributed by atoms with Crippen LogP contribution >= 0.6 is 0 Å². The SMILES string of the molecule is N#Cc1c(NS(=O)(=O)N2CCC(F)C2)ccc(F)c1Oc1ccc2ncn(-c3ccn(C4CCN(CC5CCN(c6ccc7c(c6)CN(C6CCC(=O)NC6=O)C7=O)CC5)CC4)n3)c(=O)c2c1. The molecular weight excluding hydrogens is 889 g/mol. The van der Waals surface area contributed by atoms with Gasteiger partial charge in [0.15, 0.2) is 17.4 Å². The lowest BCUT2D eigenvalue weighted by Gasteiger charge is -2.38. The fourth-order valence-electron chi connectivity index (χ4n) is 9.93. The number of anilines is 2. The summed E-state index contributed by atoms with van der Waals surface area (Å²) in [7, 11) is -4.25. The number of ether oxygens (including phenoxy) is 1. The van der Waals surface area contributed by atoms with Gasteiger partial charge in [0, 0.05) is 82.3 Å². The van der Waals surface area contributed by atoms with Gasteiger partial charge in [-0.3, -0.25) is 33.9 Å². The van der Waals surface area contributed by atoms with Gasteiger partial charge in [-0.1, -0.05) is 0 Å². The van der Waals surface area contributed by atoms with E-state index in [0.717, 1.165) is 86.1 Å². The molecule has 7 heterocycles. The number of nitrogens with zero attached hydrogens (tertiary/aromatic N) is 9. The minimum absolute atomic E-state index is 0.00150. The summed E-state index contributed by atoms with van der Waals surface area (Å²) >= 11 is 0. The third-order valence-corrected chi connectivity index (χ3v) is 15.1. The number of hydrogen-bond donors (Lipinski definition) is 2. The Morgan fingerprint density at radius 2 is 1.73 bits per heavy atom. The van der Waals surface area contributed by atoms with Crippen LogP contribution in [0, 0.1) is 23.1 Å². The van der Waals surface area contributed by atoms with Crippen LogP contribution in [0.2, 0.25) is 0 Å². The Hall–Kier alpha value is -6.76. The van der Waals surface area contributed by atoms with Crippen molar-refractivity contribution >= 4 is 50.2 Å². The highest BCUT2D eigenvalue weighted by Gasteiger charge is 2.40. The van der Waals surface area contributed by atoms with E-state index in [9.17, 15) is 37.2 Å². The van der Waals surface area contributed by atoms with Crippen LogP contribution in [0.5, 0.6) is 11.5 Å². The maximum atomic E-state index is 15.2. The highest BCUT2D eigenvalue weighted by atomic mass is 32.2. The van der Waals surface area contributed by atoms with E-state index in [-0.39, 0.29) is 60.6 Å². The number of nitrogens with one attached hydrogen (secondary N) is 2. The Bertz CT molecular complexity index is 3010. The molecule has 0 aliphatic carbocycles. The van der Waals surface area contributed by atoms with Gasteiger partial charge in [-0.25, -0.2) is 18.3 Å². The molecule has 67 heavy (non-hydrogen) atoms. The fourth-order valence-corrected chi connectivity index (χ4v) is 11.2. The molecule has 10 rings (SSSR count). The number of fused-ring (bicyclic) bond motifs is 2. The Labute approximate surface area is 383 Å². The molecule has 3 amide bonds. The Morgan fingerprint density at radius 1 is 0.925 bits per heavy atom. The molecule has 5 aliphatic rings. The smallest absolute Gasteiger partial charge is 0.301 e. The fraction of sp³-hybridized carbons (Fsp3) is 0.413. The maximum absolute atomic E-state index is 15.2. The van der Waals surface area contributed by atoms with Crippen molar-refractivity contribution in [2.75, 3.05) is 55.4 Å². The number of aromatic nitrogens is 4. The van der Waals surface area contributed by atoms with Crippen molar-refractivity contribution in [3.63, 3.8) is 0 Å². The Kier molecular flexibility index (Phi) is 11.7. The second kappa shape index (κ2) is 17.8. The average Bonchev–Trinajstić information content (AvgIpc) is 4.08. The van der Waals surface area contributed by atoms with E-state index in [2.05, 4.69) is 30.9 Å². The molecule has 18 nitrogen and oxygen atoms in total. The first-order valence-corrected chi connectivity index (χ1v) is 23.9. The zero-order valence-corrected chi connectivity index (χ0v) is 37.1. The predicted molar refractivity (Wildman–Crippen MR) is 240 cm³/mol. The Balaban J connectivity index is 0.741. The van der Waals surface area contributed by atoms with Crippen LogP contribution in [0.3, 0.4) is 0 Å². The van der Waals surface area contributed by atoms with Crippen LogP contribution in [0.25, 0.3) is 16.7 Å². The normalized spacial score (nSPS) is 21.2. The highest BCUT2D eigenvalue weighted by molar-refractivity contribution is 7.90. The molecule has 4 fully saturated rings. The van der Waals surface area contributed by atoms with Gasteiger partial charge in [0.1, 0.15) is 35.9 Å². The van der Waals surface area contributed by atoms with E-state index in [1.54, 1.807) is 17.0 Å². The summed E-state index contributed by atoms with van der Waals surface area (Å²) < 4.78 is 67.0. The number of rotatable bonds is 11. The summed E-state index contributed by atoms with van der Waals surface area (Å²) in [6, 6.07) is 15.4. The molecule has 3 aromatic carbocycles. The average molecular weight is 936 g/mol. The number of halogens is 2. The van der Waals surface area contributed by atoms with Crippen LogP contribution < -0.4 is 25.2 Å². The van der Waals surface area contributed by atoms with Crippen LogP contribution in [-0.2, 0) is 26.3 Å². The van der Waals surface area contributed by atoms with Crippen molar-refractivity contribution in [1.29, 1.82) is 5.26 Å². The van der Waals surface area contributed by atoms with Crippen molar-refractivity contribution in [1.82, 2.24) is 38.8 Å². The third kappa shape index (κ3) is 8.71. The molecule has 5 aromatic rings. The first-order valence-electron chi connectivity index (χ1n) is 22.5. The van der Waals surface area contributed by atoms with Gasteiger partial charge in [0.25, 0.3) is 11.5 Å². The summed E-state index contributed by atoms with van der Waals surface area (Å²) in [5.41, 5.74) is 1.80. The molecule has 2 N–H and O–H groups in total. The molecule has 5 aliphatic heterocycles. The quantitative estimate of drug-likeness (QED) is 0.177. The lowest BCUT2D eigenvalue weighted by atomic mass is 9.94. The summed E-state index contributed by atoms with van der Waals surface area (Å²) in [5, 5.41) is 17.2. The van der Waals surface area contributed by atoms with E-state index >= 15 is 4.39 Å². The van der Waals surface area contributed by atoms with Crippen molar-refractivity contribution < 1.29 is 36.3 Å². The molecule has 2 unspecified atom stereocenters. The molecule has 2 atom stereocenters. The molecule has 0 spiro atoms.